The highest BCUT2D eigenvalue weighted by atomic mass is 16.2. The summed E-state index contributed by atoms with van der Waals surface area (Å²) in [5.41, 5.74) is 2.33. The Morgan fingerprint density at radius 1 is 1.25 bits per heavy atom. The summed E-state index contributed by atoms with van der Waals surface area (Å²) < 4.78 is 0. The van der Waals surface area contributed by atoms with Gasteiger partial charge in [-0.15, -0.1) is 0 Å². The second-order valence-electron chi connectivity index (χ2n) is 5.30. The van der Waals surface area contributed by atoms with E-state index in [0.29, 0.717) is 0 Å². The van der Waals surface area contributed by atoms with Gasteiger partial charge >= 0.3 is 0 Å². The molecule has 3 rings (SSSR count). The monoisotopic (exact) mass is 273 g/mol. The topological polar surface area (TPSA) is 61.4 Å². The van der Waals surface area contributed by atoms with Crippen LogP contribution in [0.3, 0.4) is 0 Å². The van der Waals surface area contributed by atoms with E-state index in [1.807, 2.05) is 24.3 Å². The van der Waals surface area contributed by atoms with E-state index in [4.69, 9.17) is 0 Å². The molecule has 1 aliphatic heterocycles. The molecule has 1 aromatic rings. The predicted octanol–water partition coefficient (Wildman–Crippen LogP) is -0.126. The molecule has 2 aliphatic rings. The summed E-state index contributed by atoms with van der Waals surface area (Å²) >= 11 is 0. The van der Waals surface area contributed by atoms with E-state index in [2.05, 4.69) is 10.6 Å². The van der Waals surface area contributed by atoms with E-state index in [-0.39, 0.29) is 24.3 Å². The maximum atomic E-state index is 12.1. The number of piperazine rings is 1. The molecule has 2 N–H and O–H groups in total. The smallest absolute Gasteiger partial charge is 0.242 e. The third-order valence-electron chi connectivity index (χ3n) is 4.05. The van der Waals surface area contributed by atoms with Crippen molar-refractivity contribution in [2.75, 3.05) is 32.7 Å². The van der Waals surface area contributed by atoms with Gasteiger partial charge in [0, 0.05) is 26.2 Å². The fraction of sp³-hybridized carbons (Fsp3) is 0.467. The highest BCUT2D eigenvalue weighted by Crippen LogP contribution is 2.34. The summed E-state index contributed by atoms with van der Waals surface area (Å²) in [6.45, 7) is 3.21. The van der Waals surface area contributed by atoms with Crippen LogP contribution in [-0.2, 0) is 16.0 Å². The van der Waals surface area contributed by atoms with Crippen molar-refractivity contribution in [1.82, 2.24) is 15.5 Å². The molecule has 1 atom stereocenters. The van der Waals surface area contributed by atoms with Crippen LogP contribution in [0.1, 0.15) is 17.0 Å². The molecule has 0 bridgehead atoms. The normalized spacial score (nSPS) is 20.8. The van der Waals surface area contributed by atoms with Gasteiger partial charge in [0.25, 0.3) is 0 Å². The molecule has 20 heavy (non-hydrogen) atoms. The van der Waals surface area contributed by atoms with Gasteiger partial charge in [-0.1, -0.05) is 24.3 Å². The molecule has 1 saturated heterocycles. The van der Waals surface area contributed by atoms with Crippen molar-refractivity contribution < 1.29 is 9.59 Å². The Labute approximate surface area is 118 Å². The number of nitrogens with one attached hydrogen (secondary N) is 2. The zero-order chi connectivity index (χ0) is 13.9. The maximum Gasteiger partial charge on any atom is 0.242 e. The molecule has 0 aromatic heterocycles. The largest absolute Gasteiger partial charge is 0.346 e. The number of nitrogens with zero attached hydrogens (tertiary/aromatic N) is 1. The molecule has 0 saturated carbocycles. The number of carbonyl (C=O) groups excluding carboxylic acids is 2. The fourth-order valence-electron chi connectivity index (χ4n) is 2.80. The predicted molar refractivity (Wildman–Crippen MR) is 75.3 cm³/mol. The van der Waals surface area contributed by atoms with Crippen LogP contribution >= 0.6 is 0 Å². The minimum atomic E-state index is -0.0815. The lowest BCUT2D eigenvalue weighted by Crippen LogP contribution is -2.50. The van der Waals surface area contributed by atoms with E-state index >= 15 is 0 Å². The van der Waals surface area contributed by atoms with E-state index in [1.165, 1.54) is 5.56 Å². The van der Waals surface area contributed by atoms with Crippen LogP contribution < -0.4 is 10.6 Å². The van der Waals surface area contributed by atoms with Gasteiger partial charge in [-0.05, 0) is 17.5 Å². The van der Waals surface area contributed by atoms with Crippen molar-refractivity contribution in [1.29, 1.82) is 0 Å². The molecule has 5 heteroatoms. The zero-order valence-electron chi connectivity index (χ0n) is 11.4. The van der Waals surface area contributed by atoms with Gasteiger partial charge in [-0.3, -0.25) is 9.59 Å². The van der Waals surface area contributed by atoms with Crippen LogP contribution in [0.15, 0.2) is 24.3 Å². The molecular formula is C15H19N3O2. The first-order chi connectivity index (χ1) is 9.75. The van der Waals surface area contributed by atoms with Crippen LogP contribution in [0.2, 0.25) is 0 Å². The number of hydrogen-bond donors (Lipinski definition) is 2. The number of amides is 2. The molecule has 1 unspecified atom stereocenters. The van der Waals surface area contributed by atoms with E-state index in [1.54, 1.807) is 4.90 Å². The number of hydrogen-bond acceptors (Lipinski definition) is 3. The first kappa shape index (κ1) is 13.1. The number of benzene rings is 1. The van der Waals surface area contributed by atoms with Gasteiger partial charge in [0.2, 0.25) is 11.8 Å². The highest BCUT2D eigenvalue weighted by Gasteiger charge is 2.31. The summed E-state index contributed by atoms with van der Waals surface area (Å²) in [4.78, 5) is 25.8. The van der Waals surface area contributed by atoms with E-state index < -0.39 is 0 Å². The molecular weight excluding hydrogens is 254 g/mol. The molecule has 2 amide bonds. The fourth-order valence-corrected chi connectivity index (χ4v) is 2.80. The summed E-state index contributed by atoms with van der Waals surface area (Å²) in [7, 11) is 0. The van der Waals surface area contributed by atoms with Gasteiger partial charge < -0.3 is 15.5 Å². The average molecular weight is 273 g/mol. The van der Waals surface area contributed by atoms with Gasteiger partial charge in [0.05, 0.1) is 12.5 Å². The zero-order valence-corrected chi connectivity index (χ0v) is 11.4. The maximum absolute atomic E-state index is 12.1. The average Bonchev–Trinajstić information content (AvgIpc) is 2.47. The minimum Gasteiger partial charge on any atom is -0.346 e. The van der Waals surface area contributed by atoms with Crippen LogP contribution in [0.25, 0.3) is 0 Å². The van der Waals surface area contributed by atoms with Crippen LogP contribution in [0.4, 0.5) is 0 Å². The van der Waals surface area contributed by atoms with E-state index in [9.17, 15) is 9.59 Å². The number of rotatable bonds is 3. The van der Waals surface area contributed by atoms with Crippen molar-refractivity contribution >= 4 is 11.8 Å². The number of fused-ring (bicyclic) bond motifs is 1. The Morgan fingerprint density at radius 2 is 2.00 bits per heavy atom. The SMILES string of the molecule is O=C(NCC(=O)N1CCNCC1)C1Cc2ccccc21. The van der Waals surface area contributed by atoms with Gasteiger partial charge in [-0.2, -0.15) is 0 Å². The van der Waals surface area contributed by atoms with Gasteiger partial charge in [-0.25, -0.2) is 0 Å². The summed E-state index contributed by atoms with van der Waals surface area (Å²) in [6.07, 6.45) is 0.782. The first-order valence-corrected chi connectivity index (χ1v) is 7.10. The number of carbonyl (C=O) groups is 2. The van der Waals surface area contributed by atoms with Crippen molar-refractivity contribution in [3.63, 3.8) is 0 Å². The summed E-state index contributed by atoms with van der Waals surface area (Å²) in [5, 5.41) is 5.97. The quantitative estimate of drug-likeness (QED) is 0.807. The Morgan fingerprint density at radius 3 is 2.75 bits per heavy atom. The summed E-state index contributed by atoms with van der Waals surface area (Å²) in [5.74, 6) is -0.110. The minimum absolute atomic E-state index is 0.00691. The van der Waals surface area contributed by atoms with Crippen molar-refractivity contribution in [2.24, 2.45) is 0 Å². The molecule has 106 valence electrons. The van der Waals surface area contributed by atoms with Crippen molar-refractivity contribution in [3.05, 3.63) is 35.4 Å². The molecule has 1 aromatic carbocycles. The molecule has 5 nitrogen and oxygen atoms in total. The Hall–Kier alpha value is -1.88. The van der Waals surface area contributed by atoms with Crippen LogP contribution in [0.5, 0.6) is 0 Å². The molecule has 1 aliphatic carbocycles. The van der Waals surface area contributed by atoms with Gasteiger partial charge in [0.1, 0.15) is 0 Å². The first-order valence-electron chi connectivity index (χ1n) is 7.10. The molecule has 0 spiro atoms. The molecule has 0 radical (unpaired) electrons. The lowest BCUT2D eigenvalue weighted by molar-refractivity contribution is -0.133. The molecule has 1 heterocycles. The van der Waals surface area contributed by atoms with Crippen LogP contribution in [-0.4, -0.2) is 49.4 Å². The Balaban J connectivity index is 1.49. The third kappa shape index (κ3) is 2.54. The highest BCUT2D eigenvalue weighted by molar-refractivity contribution is 5.90. The van der Waals surface area contributed by atoms with Crippen LogP contribution in [0, 0.1) is 0 Å². The Bertz CT molecular complexity index is 524. The Kier molecular flexibility index (Phi) is 3.69. The van der Waals surface area contributed by atoms with Gasteiger partial charge in [0.15, 0.2) is 0 Å². The molecule has 1 fully saturated rings. The lowest BCUT2D eigenvalue weighted by Gasteiger charge is -2.30. The van der Waals surface area contributed by atoms with E-state index in [0.717, 1.165) is 38.2 Å². The second-order valence-corrected chi connectivity index (χ2v) is 5.30. The second kappa shape index (κ2) is 5.63. The summed E-state index contributed by atoms with van der Waals surface area (Å²) in [6, 6.07) is 7.97. The lowest BCUT2D eigenvalue weighted by atomic mass is 9.77. The van der Waals surface area contributed by atoms with Crippen molar-refractivity contribution in [3.8, 4) is 0 Å². The van der Waals surface area contributed by atoms with Crippen molar-refractivity contribution in [2.45, 2.75) is 12.3 Å². The standard InChI is InChI=1S/C15H19N3O2/c19-14(18-7-5-16-6-8-18)10-17-15(20)13-9-11-3-1-2-4-12(11)13/h1-4,13,16H,5-10H2,(H,17,20). The third-order valence-corrected chi connectivity index (χ3v) is 4.05.